The molecule has 1 aromatic carbocycles. The Morgan fingerprint density at radius 1 is 1.17 bits per heavy atom. The Labute approximate surface area is 103 Å². The van der Waals surface area contributed by atoms with Crippen LogP contribution in [0.3, 0.4) is 0 Å². The van der Waals surface area contributed by atoms with Crippen molar-refractivity contribution in [3.8, 4) is 0 Å². The molecule has 0 aliphatic carbocycles. The Kier molecular flexibility index (Phi) is 3.78. The molecule has 0 unspecified atom stereocenters. The van der Waals surface area contributed by atoms with E-state index in [1.165, 1.54) is 12.1 Å². The molecule has 0 fully saturated rings. The highest BCUT2D eigenvalue weighted by Crippen LogP contribution is 2.09. The van der Waals surface area contributed by atoms with Gasteiger partial charge in [0.15, 0.2) is 0 Å². The van der Waals surface area contributed by atoms with Gasteiger partial charge in [-0.2, -0.15) is 0 Å². The Morgan fingerprint density at radius 2 is 2.00 bits per heavy atom. The number of nitrogens with two attached hydrogens (primary N) is 1. The van der Waals surface area contributed by atoms with Crippen LogP contribution in [0.2, 0.25) is 0 Å². The van der Waals surface area contributed by atoms with E-state index in [0.29, 0.717) is 23.8 Å². The molecule has 0 aliphatic heterocycles. The van der Waals surface area contributed by atoms with E-state index < -0.39 is 11.6 Å². The lowest BCUT2D eigenvalue weighted by Gasteiger charge is -2.05. The fraction of sp³-hybridized carbons (Fsp3) is 0.167. The van der Waals surface area contributed by atoms with Gasteiger partial charge in [-0.05, 0) is 12.1 Å². The van der Waals surface area contributed by atoms with E-state index in [0.717, 1.165) is 6.07 Å². The smallest absolute Gasteiger partial charge is 0.144 e. The zero-order valence-electron chi connectivity index (χ0n) is 9.53. The molecule has 0 atom stereocenters. The van der Waals surface area contributed by atoms with Gasteiger partial charge in [0.1, 0.15) is 23.3 Å². The van der Waals surface area contributed by atoms with Crippen LogP contribution in [0.1, 0.15) is 11.4 Å². The normalized spacial score (nSPS) is 10.6. The lowest BCUT2D eigenvalue weighted by Crippen LogP contribution is -2.16. The van der Waals surface area contributed by atoms with Crippen molar-refractivity contribution in [3.05, 3.63) is 53.5 Å². The number of nitrogens with one attached hydrogen (secondary N) is 1. The second kappa shape index (κ2) is 5.50. The third-order valence-corrected chi connectivity index (χ3v) is 2.34. The Hall–Kier alpha value is -2.08. The molecule has 0 radical (unpaired) electrons. The quantitative estimate of drug-likeness (QED) is 0.865. The molecular formula is C12H12F2N4. The average Bonchev–Trinajstić information content (AvgIpc) is 2.32. The van der Waals surface area contributed by atoms with Crippen molar-refractivity contribution >= 4 is 5.82 Å². The monoisotopic (exact) mass is 250 g/mol. The van der Waals surface area contributed by atoms with E-state index in [2.05, 4.69) is 15.3 Å². The number of nitrogen functional groups attached to an aromatic ring is 1. The molecule has 0 saturated heterocycles. The summed E-state index contributed by atoms with van der Waals surface area (Å²) in [6.45, 7) is 0.631. The Morgan fingerprint density at radius 3 is 2.72 bits per heavy atom. The summed E-state index contributed by atoms with van der Waals surface area (Å²) < 4.78 is 26.0. The largest absolute Gasteiger partial charge is 0.384 e. The summed E-state index contributed by atoms with van der Waals surface area (Å²) in [5, 5.41) is 2.96. The van der Waals surface area contributed by atoms with Crippen LogP contribution < -0.4 is 11.1 Å². The van der Waals surface area contributed by atoms with Gasteiger partial charge in [-0.15, -0.1) is 0 Å². The number of rotatable bonds is 4. The van der Waals surface area contributed by atoms with E-state index in [4.69, 9.17) is 5.73 Å². The second-order valence-corrected chi connectivity index (χ2v) is 3.74. The molecule has 0 amide bonds. The van der Waals surface area contributed by atoms with Gasteiger partial charge in [0, 0.05) is 24.4 Å². The summed E-state index contributed by atoms with van der Waals surface area (Å²) in [4.78, 5) is 7.99. The number of nitrogens with zero attached hydrogens (tertiary/aromatic N) is 2. The van der Waals surface area contributed by atoms with Crippen molar-refractivity contribution in [3.63, 3.8) is 0 Å². The number of hydrogen-bond acceptors (Lipinski definition) is 4. The molecule has 0 spiro atoms. The Balaban J connectivity index is 1.92. The summed E-state index contributed by atoms with van der Waals surface area (Å²) >= 11 is 0. The molecule has 0 bridgehead atoms. The lowest BCUT2D eigenvalue weighted by molar-refractivity contribution is 0.557. The molecule has 1 aromatic heterocycles. The van der Waals surface area contributed by atoms with Crippen LogP contribution in [0.5, 0.6) is 0 Å². The lowest BCUT2D eigenvalue weighted by atomic mass is 10.2. The molecular weight excluding hydrogens is 238 g/mol. The minimum absolute atomic E-state index is 0.268. The highest BCUT2D eigenvalue weighted by atomic mass is 19.1. The SMILES string of the molecule is Nc1ccnc(CNCc2ccc(F)cc2F)n1. The van der Waals surface area contributed by atoms with Crippen molar-refractivity contribution in [2.75, 3.05) is 5.73 Å². The predicted molar refractivity (Wildman–Crippen MR) is 63.3 cm³/mol. The van der Waals surface area contributed by atoms with E-state index in [1.807, 2.05) is 0 Å². The van der Waals surface area contributed by atoms with Gasteiger partial charge in [0.25, 0.3) is 0 Å². The Bertz CT molecular complexity index is 545. The summed E-state index contributed by atoms with van der Waals surface area (Å²) in [6.07, 6.45) is 1.55. The standard InChI is InChI=1S/C12H12F2N4/c13-9-2-1-8(10(14)5-9)6-16-7-12-17-4-3-11(15)18-12/h1-5,16H,6-7H2,(H2,15,17,18). The zero-order chi connectivity index (χ0) is 13.0. The zero-order valence-corrected chi connectivity index (χ0v) is 9.53. The van der Waals surface area contributed by atoms with E-state index in [-0.39, 0.29) is 6.54 Å². The predicted octanol–water partition coefficient (Wildman–Crippen LogP) is 1.63. The molecule has 2 aromatic rings. The molecule has 0 aliphatic rings. The van der Waals surface area contributed by atoms with Crippen molar-refractivity contribution in [2.24, 2.45) is 0 Å². The molecule has 0 saturated carbocycles. The maximum Gasteiger partial charge on any atom is 0.144 e. The summed E-state index contributed by atoms with van der Waals surface area (Å²) in [7, 11) is 0. The average molecular weight is 250 g/mol. The fourth-order valence-corrected chi connectivity index (χ4v) is 1.47. The van der Waals surface area contributed by atoms with Crippen molar-refractivity contribution in [1.29, 1.82) is 0 Å². The van der Waals surface area contributed by atoms with Gasteiger partial charge in [0.05, 0.1) is 6.54 Å². The summed E-state index contributed by atoms with van der Waals surface area (Å²) in [5.74, 6) is -0.251. The first-order valence-electron chi connectivity index (χ1n) is 5.37. The van der Waals surface area contributed by atoms with Crippen molar-refractivity contribution < 1.29 is 8.78 Å². The molecule has 3 N–H and O–H groups in total. The first-order chi connectivity index (χ1) is 8.65. The van der Waals surface area contributed by atoms with Crippen LogP contribution in [0.15, 0.2) is 30.5 Å². The van der Waals surface area contributed by atoms with Gasteiger partial charge < -0.3 is 11.1 Å². The molecule has 18 heavy (non-hydrogen) atoms. The first-order valence-corrected chi connectivity index (χ1v) is 5.37. The van der Waals surface area contributed by atoms with Gasteiger partial charge in [-0.25, -0.2) is 18.7 Å². The van der Waals surface area contributed by atoms with Crippen molar-refractivity contribution in [1.82, 2.24) is 15.3 Å². The maximum atomic E-state index is 13.3. The number of halogens is 2. The van der Waals surface area contributed by atoms with E-state index in [1.54, 1.807) is 12.3 Å². The summed E-state index contributed by atoms with van der Waals surface area (Å²) in [5.41, 5.74) is 5.89. The molecule has 4 nitrogen and oxygen atoms in total. The van der Waals surface area contributed by atoms with Gasteiger partial charge in [-0.1, -0.05) is 6.07 Å². The minimum atomic E-state index is -0.588. The minimum Gasteiger partial charge on any atom is -0.384 e. The maximum absolute atomic E-state index is 13.3. The first kappa shape index (κ1) is 12.4. The highest BCUT2D eigenvalue weighted by Gasteiger charge is 2.03. The van der Waals surface area contributed by atoms with Crippen LogP contribution in [-0.4, -0.2) is 9.97 Å². The van der Waals surface area contributed by atoms with Crippen LogP contribution in [0.4, 0.5) is 14.6 Å². The number of anilines is 1. The van der Waals surface area contributed by atoms with Crippen LogP contribution in [0, 0.1) is 11.6 Å². The molecule has 1 heterocycles. The number of aromatic nitrogens is 2. The van der Waals surface area contributed by atoms with E-state index >= 15 is 0 Å². The number of benzene rings is 1. The van der Waals surface area contributed by atoms with Gasteiger partial charge in [0.2, 0.25) is 0 Å². The van der Waals surface area contributed by atoms with Crippen molar-refractivity contribution in [2.45, 2.75) is 13.1 Å². The van der Waals surface area contributed by atoms with Crippen LogP contribution >= 0.6 is 0 Å². The third kappa shape index (κ3) is 3.21. The van der Waals surface area contributed by atoms with E-state index in [9.17, 15) is 8.78 Å². The summed E-state index contributed by atoms with van der Waals surface area (Å²) in [6, 6.07) is 5.06. The fourth-order valence-electron chi connectivity index (χ4n) is 1.47. The molecule has 94 valence electrons. The third-order valence-electron chi connectivity index (χ3n) is 2.34. The van der Waals surface area contributed by atoms with Gasteiger partial charge in [-0.3, -0.25) is 0 Å². The number of hydrogen-bond donors (Lipinski definition) is 2. The second-order valence-electron chi connectivity index (χ2n) is 3.74. The van der Waals surface area contributed by atoms with Crippen LogP contribution in [0.25, 0.3) is 0 Å². The van der Waals surface area contributed by atoms with Gasteiger partial charge >= 0.3 is 0 Å². The van der Waals surface area contributed by atoms with Crippen LogP contribution in [-0.2, 0) is 13.1 Å². The topological polar surface area (TPSA) is 63.8 Å². The molecule has 6 heteroatoms. The highest BCUT2D eigenvalue weighted by molar-refractivity contribution is 5.25. The molecule has 2 rings (SSSR count).